The van der Waals surface area contributed by atoms with Crippen LogP contribution in [-0.4, -0.2) is 11.6 Å². The van der Waals surface area contributed by atoms with Crippen molar-refractivity contribution >= 4 is 5.97 Å². The zero-order chi connectivity index (χ0) is 12.7. The maximum Gasteiger partial charge on any atom is 0.303 e. The van der Waals surface area contributed by atoms with Gasteiger partial charge in [-0.2, -0.15) is 0 Å². The molecule has 0 amide bonds. The molecule has 2 unspecified atom stereocenters. The highest BCUT2D eigenvalue weighted by Gasteiger charge is 2.46. The van der Waals surface area contributed by atoms with Gasteiger partial charge >= 0.3 is 5.97 Å². The highest BCUT2D eigenvalue weighted by molar-refractivity contribution is 5.66. The summed E-state index contributed by atoms with van der Waals surface area (Å²) in [5, 5.41) is 0. The van der Waals surface area contributed by atoms with Crippen LogP contribution in [0.15, 0.2) is 11.6 Å². The molecule has 0 aromatic heterocycles. The van der Waals surface area contributed by atoms with E-state index in [1.165, 1.54) is 32.6 Å². The molecule has 2 heteroatoms. The Morgan fingerprint density at radius 2 is 2.24 bits per heavy atom. The van der Waals surface area contributed by atoms with E-state index >= 15 is 0 Å². The van der Waals surface area contributed by atoms with Gasteiger partial charge in [-0.25, -0.2) is 0 Å². The van der Waals surface area contributed by atoms with Gasteiger partial charge in [0.25, 0.3) is 0 Å². The second-order valence-corrected chi connectivity index (χ2v) is 6.49. The lowest BCUT2D eigenvalue weighted by Crippen LogP contribution is -2.46. The van der Waals surface area contributed by atoms with Crippen molar-refractivity contribution in [1.29, 1.82) is 0 Å². The standard InChI is InChI=1S/C15H24O2/c1-11(16)17-14(2,3)15(4)9-12-6-5-7-13(8-12)10-15/h9,13H,5-8,10H2,1-4H3. The number of carbonyl (C=O) groups excluding carboxylic acids is 1. The first-order valence-electron chi connectivity index (χ1n) is 6.73. The van der Waals surface area contributed by atoms with Crippen LogP contribution in [0.5, 0.6) is 0 Å². The van der Waals surface area contributed by atoms with Crippen molar-refractivity contribution in [3.05, 3.63) is 11.6 Å². The predicted octanol–water partition coefficient (Wildman–Crippen LogP) is 3.85. The van der Waals surface area contributed by atoms with E-state index in [0.717, 1.165) is 12.3 Å². The van der Waals surface area contributed by atoms with E-state index in [2.05, 4.69) is 13.0 Å². The fourth-order valence-electron chi connectivity index (χ4n) is 3.50. The lowest BCUT2D eigenvalue weighted by molar-refractivity contribution is -0.165. The van der Waals surface area contributed by atoms with Crippen LogP contribution in [0.1, 0.15) is 59.8 Å². The van der Waals surface area contributed by atoms with E-state index in [1.54, 1.807) is 5.57 Å². The summed E-state index contributed by atoms with van der Waals surface area (Å²) in [5.74, 6) is 0.619. The summed E-state index contributed by atoms with van der Waals surface area (Å²) in [6.07, 6.45) is 8.72. The molecule has 1 saturated carbocycles. The molecular formula is C15H24O2. The molecule has 2 nitrogen and oxygen atoms in total. The molecule has 0 aliphatic heterocycles. The molecule has 17 heavy (non-hydrogen) atoms. The molecule has 1 fully saturated rings. The molecule has 0 heterocycles. The maximum atomic E-state index is 11.2. The molecule has 0 saturated heterocycles. The first-order valence-corrected chi connectivity index (χ1v) is 6.73. The summed E-state index contributed by atoms with van der Waals surface area (Å²) >= 11 is 0. The van der Waals surface area contributed by atoms with Crippen molar-refractivity contribution in [3.63, 3.8) is 0 Å². The van der Waals surface area contributed by atoms with Crippen molar-refractivity contribution in [1.82, 2.24) is 0 Å². The summed E-state index contributed by atoms with van der Waals surface area (Å²) in [4.78, 5) is 11.2. The van der Waals surface area contributed by atoms with Crippen molar-refractivity contribution in [2.45, 2.75) is 65.4 Å². The molecule has 2 aliphatic carbocycles. The van der Waals surface area contributed by atoms with Crippen LogP contribution < -0.4 is 0 Å². The molecule has 2 bridgehead atoms. The molecule has 0 N–H and O–H groups in total. The highest BCUT2D eigenvalue weighted by atomic mass is 16.6. The van der Waals surface area contributed by atoms with Crippen molar-refractivity contribution in [2.24, 2.45) is 11.3 Å². The number of allylic oxidation sites excluding steroid dienone is 1. The molecule has 0 aromatic rings. The summed E-state index contributed by atoms with van der Waals surface area (Å²) in [6.45, 7) is 7.84. The van der Waals surface area contributed by atoms with Gasteiger partial charge in [-0.3, -0.25) is 4.79 Å². The van der Waals surface area contributed by atoms with Crippen LogP contribution in [0.25, 0.3) is 0 Å². The van der Waals surface area contributed by atoms with Gasteiger partial charge in [-0.15, -0.1) is 0 Å². The van der Waals surface area contributed by atoms with E-state index in [0.29, 0.717) is 0 Å². The number of hydrogen-bond acceptors (Lipinski definition) is 2. The normalized spacial score (nSPS) is 32.9. The van der Waals surface area contributed by atoms with E-state index in [4.69, 9.17) is 4.74 Å². The maximum absolute atomic E-state index is 11.2. The third kappa shape index (κ3) is 2.41. The first-order chi connectivity index (χ1) is 7.82. The molecule has 0 spiro atoms. The number of hydrogen-bond donors (Lipinski definition) is 0. The average molecular weight is 236 g/mol. The monoisotopic (exact) mass is 236 g/mol. The molecule has 0 aromatic carbocycles. The predicted molar refractivity (Wildman–Crippen MR) is 68.6 cm³/mol. The third-order valence-electron chi connectivity index (χ3n) is 4.67. The average Bonchev–Trinajstić information content (AvgIpc) is 2.14. The Morgan fingerprint density at radius 3 is 2.82 bits per heavy atom. The van der Waals surface area contributed by atoms with E-state index in [1.807, 2.05) is 13.8 Å². The van der Waals surface area contributed by atoms with Gasteiger partial charge < -0.3 is 4.74 Å². The Bertz CT molecular complexity index is 354. The van der Waals surface area contributed by atoms with Crippen LogP contribution in [0.3, 0.4) is 0 Å². The quantitative estimate of drug-likeness (QED) is 0.537. The van der Waals surface area contributed by atoms with Crippen molar-refractivity contribution < 1.29 is 9.53 Å². The number of fused-ring (bicyclic) bond motifs is 2. The van der Waals surface area contributed by atoms with Crippen molar-refractivity contribution in [3.8, 4) is 0 Å². The molecule has 2 rings (SSSR count). The Morgan fingerprint density at radius 1 is 1.53 bits per heavy atom. The molecule has 2 atom stereocenters. The van der Waals surface area contributed by atoms with E-state index in [9.17, 15) is 4.79 Å². The van der Waals surface area contributed by atoms with Crippen LogP contribution in [0.2, 0.25) is 0 Å². The SMILES string of the molecule is CC(=O)OC(C)(C)C1(C)C=C2CCCC(C2)C1. The Labute approximate surface area is 104 Å². The minimum absolute atomic E-state index is 0.00264. The van der Waals surface area contributed by atoms with Gasteiger partial charge in [-0.1, -0.05) is 18.6 Å². The summed E-state index contributed by atoms with van der Waals surface area (Å²) < 4.78 is 5.56. The Kier molecular flexibility index (Phi) is 3.09. The lowest BCUT2D eigenvalue weighted by atomic mass is 9.61. The summed E-state index contributed by atoms with van der Waals surface area (Å²) in [6, 6.07) is 0. The highest BCUT2D eigenvalue weighted by Crippen LogP contribution is 2.50. The fourth-order valence-corrected chi connectivity index (χ4v) is 3.50. The number of rotatable bonds is 2. The second-order valence-electron chi connectivity index (χ2n) is 6.49. The molecule has 2 aliphatic rings. The van der Waals surface area contributed by atoms with Crippen LogP contribution in [0.4, 0.5) is 0 Å². The molecule has 96 valence electrons. The summed E-state index contributed by atoms with van der Waals surface area (Å²) in [5.41, 5.74) is 1.17. The number of esters is 1. The zero-order valence-electron chi connectivity index (χ0n) is 11.5. The Hall–Kier alpha value is -0.790. The van der Waals surface area contributed by atoms with Gasteiger partial charge in [0.05, 0.1) is 0 Å². The van der Waals surface area contributed by atoms with Crippen LogP contribution in [-0.2, 0) is 9.53 Å². The molecule has 0 radical (unpaired) electrons. The van der Waals surface area contributed by atoms with Gasteiger partial charge in [0.1, 0.15) is 5.60 Å². The topological polar surface area (TPSA) is 26.3 Å². The van der Waals surface area contributed by atoms with Gasteiger partial charge in [0.15, 0.2) is 0 Å². The van der Waals surface area contributed by atoms with E-state index < -0.39 is 5.60 Å². The number of ether oxygens (including phenoxy) is 1. The second kappa shape index (κ2) is 4.15. The Balaban J connectivity index is 2.26. The minimum atomic E-state index is -0.403. The van der Waals surface area contributed by atoms with Crippen molar-refractivity contribution in [2.75, 3.05) is 0 Å². The molecular weight excluding hydrogens is 212 g/mol. The minimum Gasteiger partial charge on any atom is -0.459 e. The third-order valence-corrected chi connectivity index (χ3v) is 4.67. The smallest absolute Gasteiger partial charge is 0.303 e. The fraction of sp³-hybridized carbons (Fsp3) is 0.800. The zero-order valence-corrected chi connectivity index (χ0v) is 11.5. The van der Waals surface area contributed by atoms with Crippen LogP contribution >= 0.6 is 0 Å². The van der Waals surface area contributed by atoms with Crippen LogP contribution in [0, 0.1) is 11.3 Å². The van der Waals surface area contributed by atoms with Gasteiger partial charge in [-0.05, 0) is 51.9 Å². The van der Waals surface area contributed by atoms with Gasteiger partial charge in [0, 0.05) is 12.3 Å². The lowest BCUT2D eigenvalue weighted by Gasteiger charge is -2.48. The van der Waals surface area contributed by atoms with Gasteiger partial charge in [0.2, 0.25) is 0 Å². The largest absolute Gasteiger partial charge is 0.459 e. The van der Waals surface area contributed by atoms with E-state index in [-0.39, 0.29) is 11.4 Å². The summed E-state index contributed by atoms with van der Waals surface area (Å²) in [7, 11) is 0. The first kappa shape index (κ1) is 12.7. The number of carbonyl (C=O) groups is 1.